The van der Waals surface area contributed by atoms with Crippen molar-refractivity contribution in [2.75, 3.05) is 0 Å². The second kappa shape index (κ2) is 16.6. The standard InChI is InChI=1S/C67H48Si2/c1-7-23-51(24-8-1)68(52-25-9-2-10-26-52,53-27-11-3-12-28-53)57-42-39-49(40-43-57)50-41-45-61-62-46-44-58(69(54-29-13-4-14-30-54,55-31-15-5-16-32-55)56-33-17-6-18-34-56)48-66(62)67(65(61)47-50)63-37-21-19-35-59(63)60-36-20-22-38-64(60)67/h1-48H. The molecule has 0 nitrogen and oxygen atoms in total. The van der Waals surface area contributed by atoms with E-state index in [1.807, 2.05) is 0 Å². The Hall–Kier alpha value is -8.15. The minimum absolute atomic E-state index is 0.524. The van der Waals surface area contributed by atoms with Gasteiger partial charge in [0, 0.05) is 0 Å². The highest BCUT2D eigenvalue weighted by Gasteiger charge is 2.53. The molecule has 2 aliphatic rings. The Balaban J connectivity index is 1.04. The molecule has 1 spiro atoms. The third kappa shape index (κ3) is 6.06. The molecule has 0 aromatic heterocycles. The van der Waals surface area contributed by atoms with Crippen LogP contribution in [0.25, 0.3) is 33.4 Å². The highest BCUT2D eigenvalue weighted by atomic mass is 28.3. The molecular weight excluding hydrogens is 861 g/mol. The van der Waals surface area contributed by atoms with Gasteiger partial charge in [0.2, 0.25) is 0 Å². The Morgan fingerprint density at radius 3 is 0.870 bits per heavy atom. The van der Waals surface area contributed by atoms with E-state index in [4.69, 9.17) is 0 Å². The van der Waals surface area contributed by atoms with E-state index >= 15 is 0 Å². The molecule has 11 aromatic rings. The van der Waals surface area contributed by atoms with Crippen LogP contribution in [0.1, 0.15) is 22.3 Å². The van der Waals surface area contributed by atoms with Crippen LogP contribution in [0.4, 0.5) is 0 Å². The summed E-state index contributed by atoms with van der Waals surface area (Å²) in [6.45, 7) is 0. The normalized spacial score (nSPS) is 13.0. The first-order valence-corrected chi connectivity index (χ1v) is 28.2. The van der Waals surface area contributed by atoms with Gasteiger partial charge in [0.25, 0.3) is 0 Å². The number of fused-ring (bicyclic) bond motifs is 10. The molecule has 0 amide bonds. The van der Waals surface area contributed by atoms with Crippen LogP contribution in [-0.2, 0) is 5.41 Å². The Morgan fingerprint density at radius 2 is 0.464 bits per heavy atom. The van der Waals surface area contributed by atoms with Crippen LogP contribution in [0, 0.1) is 0 Å². The van der Waals surface area contributed by atoms with Crippen molar-refractivity contribution in [3.05, 3.63) is 313 Å². The molecule has 0 aliphatic heterocycles. The molecular formula is C67H48Si2. The summed E-state index contributed by atoms with van der Waals surface area (Å²) in [4.78, 5) is 0. The van der Waals surface area contributed by atoms with Crippen LogP contribution in [0.3, 0.4) is 0 Å². The minimum Gasteiger partial charge on any atom is -0.0623 e. The molecule has 0 radical (unpaired) electrons. The summed E-state index contributed by atoms with van der Waals surface area (Å²) in [5, 5.41) is 11.0. The molecule has 2 heteroatoms. The number of hydrogen-bond donors (Lipinski definition) is 0. The summed E-state index contributed by atoms with van der Waals surface area (Å²) in [5.74, 6) is 0. The van der Waals surface area contributed by atoms with Crippen molar-refractivity contribution in [1.29, 1.82) is 0 Å². The largest absolute Gasteiger partial charge is 0.179 e. The molecule has 0 fully saturated rings. The van der Waals surface area contributed by atoms with E-state index in [-0.39, 0.29) is 0 Å². The van der Waals surface area contributed by atoms with Crippen molar-refractivity contribution < 1.29 is 0 Å². The minimum atomic E-state index is -2.85. The lowest BCUT2D eigenvalue weighted by Crippen LogP contribution is -2.74. The maximum atomic E-state index is 2.64. The second-order valence-corrected chi connectivity index (χ2v) is 26.3. The first kappa shape index (κ1) is 41.1. The summed E-state index contributed by atoms with van der Waals surface area (Å²) in [6, 6.07) is 111. The molecule has 0 saturated carbocycles. The van der Waals surface area contributed by atoms with E-state index in [0.29, 0.717) is 0 Å². The summed E-state index contributed by atoms with van der Waals surface area (Å²) in [5.41, 5.74) is 12.6. The van der Waals surface area contributed by atoms with Gasteiger partial charge in [0.05, 0.1) is 5.41 Å². The monoisotopic (exact) mass is 908 g/mol. The lowest BCUT2D eigenvalue weighted by Gasteiger charge is -2.36. The van der Waals surface area contributed by atoms with Gasteiger partial charge in [-0.25, -0.2) is 0 Å². The quantitative estimate of drug-likeness (QED) is 0.100. The van der Waals surface area contributed by atoms with Gasteiger partial charge in [-0.1, -0.05) is 285 Å². The van der Waals surface area contributed by atoms with Gasteiger partial charge in [-0.2, -0.15) is 0 Å². The highest BCUT2D eigenvalue weighted by Crippen LogP contribution is 2.63. The van der Waals surface area contributed by atoms with Crippen molar-refractivity contribution in [2.45, 2.75) is 5.41 Å². The highest BCUT2D eigenvalue weighted by molar-refractivity contribution is 7.20. The fourth-order valence-corrected chi connectivity index (χ4v) is 22.1. The average Bonchev–Trinajstić information content (AvgIpc) is 3.90. The summed E-state index contributed by atoms with van der Waals surface area (Å²) in [6.07, 6.45) is 0. The van der Waals surface area contributed by atoms with E-state index in [2.05, 4.69) is 291 Å². The fraction of sp³-hybridized carbons (Fsp3) is 0.0149. The van der Waals surface area contributed by atoms with Gasteiger partial charge in [-0.15, -0.1) is 0 Å². The van der Waals surface area contributed by atoms with Crippen LogP contribution >= 0.6 is 0 Å². The van der Waals surface area contributed by atoms with Gasteiger partial charge < -0.3 is 0 Å². The van der Waals surface area contributed by atoms with Crippen LogP contribution in [0.5, 0.6) is 0 Å². The molecule has 0 bridgehead atoms. The van der Waals surface area contributed by atoms with Crippen molar-refractivity contribution in [1.82, 2.24) is 0 Å². The van der Waals surface area contributed by atoms with E-state index in [1.54, 1.807) is 0 Å². The van der Waals surface area contributed by atoms with Crippen molar-refractivity contribution >= 4 is 57.6 Å². The van der Waals surface area contributed by atoms with E-state index in [0.717, 1.165) is 0 Å². The molecule has 2 aliphatic carbocycles. The predicted molar refractivity (Wildman–Crippen MR) is 295 cm³/mol. The zero-order valence-electron chi connectivity index (χ0n) is 38.2. The van der Waals surface area contributed by atoms with Crippen LogP contribution in [0.2, 0.25) is 0 Å². The van der Waals surface area contributed by atoms with E-state index < -0.39 is 21.6 Å². The topological polar surface area (TPSA) is 0 Å². The van der Waals surface area contributed by atoms with Gasteiger partial charge in [-0.3, -0.25) is 0 Å². The Labute approximate surface area is 407 Å². The lowest BCUT2D eigenvalue weighted by atomic mass is 9.70. The van der Waals surface area contributed by atoms with Crippen molar-refractivity contribution in [3.63, 3.8) is 0 Å². The van der Waals surface area contributed by atoms with Crippen LogP contribution in [0.15, 0.2) is 291 Å². The first-order valence-electron chi connectivity index (χ1n) is 24.2. The number of hydrogen-bond acceptors (Lipinski definition) is 0. The molecule has 0 heterocycles. The Morgan fingerprint density at radius 1 is 0.188 bits per heavy atom. The average molecular weight is 909 g/mol. The molecule has 69 heavy (non-hydrogen) atoms. The third-order valence-electron chi connectivity index (χ3n) is 15.4. The molecule has 0 atom stereocenters. The zero-order valence-corrected chi connectivity index (χ0v) is 40.2. The fourth-order valence-electron chi connectivity index (χ4n) is 12.6. The number of benzene rings is 11. The van der Waals surface area contributed by atoms with Crippen LogP contribution < -0.4 is 41.5 Å². The Kier molecular flexibility index (Phi) is 9.86. The maximum absolute atomic E-state index is 2.85. The summed E-state index contributed by atoms with van der Waals surface area (Å²) >= 11 is 0. The van der Waals surface area contributed by atoms with Gasteiger partial charge in [0.1, 0.15) is 0 Å². The molecule has 11 aromatic carbocycles. The van der Waals surface area contributed by atoms with E-state index in [1.165, 1.54) is 97.1 Å². The predicted octanol–water partition coefficient (Wildman–Crippen LogP) is 10.5. The Bertz CT molecular complexity index is 3390. The van der Waals surface area contributed by atoms with E-state index in [9.17, 15) is 0 Å². The summed E-state index contributed by atoms with van der Waals surface area (Å²) < 4.78 is 0. The lowest BCUT2D eigenvalue weighted by molar-refractivity contribution is 0.795. The van der Waals surface area contributed by atoms with Crippen LogP contribution in [-0.4, -0.2) is 16.1 Å². The zero-order chi connectivity index (χ0) is 45.8. The third-order valence-corrected chi connectivity index (χ3v) is 25.0. The second-order valence-electron chi connectivity index (χ2n) is 18.6. The molecule has 13 rings (SSSR count). The SMILES string of the molecule is c1ccc([Si](c2ccccc2)(c2ccccc2)c2ccc(-c3ccc4c(c3)C3(c5ccccc5-c5ccccc53)c3cc([Si](c5ccccc5)(c5ccccc5)c5ccccc5)ccc3-4)cc2)cc1. The van der Waals surface area contributed by atoms with Crippen molar-refractivity contribution in [3.8, 4) is 33.4 Å². The van der Waals surface area contributed by atoms with Gasteiger partial charge in [-0.05, 0) is 103 Å². The van der Waals surface area contributed by atoms with Gasteiger partial charge >= 0.3 is 0 Å². The number of rotatable bonds is 9. The molecule has 0 N–H and O–H groups in total. The molecule has 0 unspecified atom stereocenters. The van der Waals surface area contributed by atoms with Gasteiger partial charge in [0.15, 0.2) is 16.1 Å². The maximum Gasteiger partial charge on any atom is 0.179 e. The molecule has 0 saturated heterocycles. The van der Waals surface area contributed by atoms with Crippen molar-refractivity contribution in [2.24, 2.45) is 0 Å². The molecule has 324 valence electrons. The first-order chi connectivity index (χ1) is 34.2. The summed E-state index contributed by atoms with van der Waals surface area (Å²) in [7, 11) is -5.53. The smallest absolute Gasteiger partial charge is 0.0623 e.